The predicted molar refractivity (Wildman–Crippen MR) is 89.5 cm³/mol. The number of benzene rings is 1. The van der Waals surface area contributed by atoms with Crippen molar-refractivity contribution in [1.82, 2.24) is 4.90 Å². The van der Waals surface area contributed by atoms with Gasteiger partial charge in [0.05, 0.1) is 11.2 Å². The smallest absolute Gasteiger partial charge is 0.399 e. The van der Waals surface area contributed by atoms with E-state index >= 15 is 0 Å². The second-order valence-electron chi connectivity index (χ2n) is 6.65. The molecular formula is C16H25BN2O3. The van der Waals surface area contributed by atoms with Gasteiger partial charge in [-0.15, -0.1) is 0 Å². The number of carbonyl (C=O) groups excluding carboxylic acids is 1. The molecule has 1 aliphatic rings. The second-order valence-corrected chi connectivity index (χ2v) is 6.65. The van der Waals surface area contributed by atoms with Crippen LogP contribution in [-0.4, -0.2) is 42.8 Å². The van der Waals surface area contributed by atoms with Crippen LogP contribution in [0.3, 0.4) is 0 Å². The average molecular weight is 304 g/mol. The highest BCUT2D eigenvalue weighted by atomic mass is 16.7. The van der Waals surface area contributed by atoms with Gasteiger partial charge in [-0.05, 0) is 52.2 Å². The Labute approximate surface area is 133 Å². The van der Waals surface area contributed by atoms with E-state index < -0.39 is 0 Å². The van der Waals surface area contributed by atoms with Crippen molar-refractivity contribution in [3.63, 3.8) is 0 Å². The summed E-state index contributed by atoms with van der Waals surface area (Å²) in [4.78, 5) is 13.4. The first-order chi connectivity index (χ1) is 10.2. The highest BCUT2D eigenvalue weighted by Crippen LogP contribution is 2.36. The van der Waals surface area contributed by atoms with E-state index in [4.69, 9.17) is 9.31 Å². The highest BCUT2D eigenvalue weighted by Gasteiger charge is 2.51. The molecule has 22 heavy (non-hydrogen) atoms. The zero-order valence-electron chi connectivity index (χ0n) is 14.3. The van der Waals surface area contributed by atoms with E-state index in [9.17, 15) is 4.79 Å². The molecule has 0 unspecified atom stereocenters. The van der Waals surface area contributed by atoms with Crippen LogP contribution in [0.4, 0.5) is 10.5 Å². The normalized spacial score (nSPS) is 19.1. The van der Waals surface area contributed by atoms with E-state index in [1.165, 1.54) is 0 Å². The topological polar surface area (TPSA) is 50.8 Å². The van der Waals surface area contributed by atoms with Crippen molar-refractivity contribution >= 4 is 24.3 Å². The third-order valence-electron chi connectivity index (χ3n) is 4.51. The third-order valence-corrected chi connectivity index (χ3v) is 4.51. The Morgan fingerprint density at radius 3 is 2.09 bits per heavy atom. The Hall–Kier alpha value is -1.53. The minimum Gasteiger partial charge on any atom is -0.399 e. The van der Waals surface area contributed by atoms with Crippen LogP contribution in [0.5, 0.6) is 0 Å². The first-order valence-electron chi connectivity index (χ1n) is 7.64. The third kappa shape index (κ3) is 3.28. The molecule has 6 heteroatoms. The molecule has 5 nitrogen and oxygen atoms in total. The van der Waals surface area contributed by atoms with Crippen molar-refractivity contribution in [3.05, 3.63) is 24.3 Å². The summed E-state index contributed by atoms with van der Waals surface area (Å²) in [5, 5.41) is 2.85. The van der Waals surface area contributed by atoms with Crippen molar-refractivity contribution in [2.24, 2.45) is 0 Å². The summed E-state index contributed by atoms with van der Waals surface area (Å²) >= 11 is 0. The molecule has 1 aliphatic heterocycles. The van der Waals surface area contributed by atoms with Gasteiger partial charge in [-0.25, -0.2) is 4.79 Å². The monoisotopic (exact) mass is 304 g/mol. The van der Waals surface area contributed by atoms with Gasteiger partial charge in [0.2, 0.25) is 0 Å². The molecule has 1 fully saturated rings. The van der Waals surface area contributed by atoms with Crippen molar-refractivity contribution in [2.75, 3.05) is 18.9 Å². The van der Waals surface area contributed by atoms with Crippen LogP contribution < -0.4 is 10.8 Å². The number of rotatable bonds is 3. The number of urea groups is 1. The number of hydrogen-bond donors (Lipinski definition) is 1. The maximum Gasteiger partial charge on any atom is 0.494 e. The van der Waals surface area contributed by atoms with E-state index in [2.05, 4.69) is 5.32 Å². The van der Waals surface area contributed by atoms with E-state index in [1.54, 1.807) is 11.9 Å². The number of nitrogens with zero attached hydrogens (tertiary/aromatic N) is 1. The van der Waals surface area contributed by atoms with Crippen LogP contribution in [0, 0.1) is 0 Å². The Bertz CT molecular complexity index is 527. The Kier molecular flexibility index (Phi) is 4.54. The number of carbonyl (C=O) groups is 1. The number of hydrogen-bond acceptors (Lipinski definition) is 3. The minimum atomic E-state index is -0.381. The lowest BCUT2D eigenvalue weighted by atomic mass is 9.79. The summed E-state index contributed by atoms with van der Waals surface area (Å²) in [6.07, 6.45) is 0. The number of anilines is 1. The fourth-order valence-electron chi connectivity index (χ4n) is 2.07. The van der Waals surface area contributed by atoms with Gasteiger partial charge < -0.3 is 19.5 Å². The van der Waals surface area contributed by atoms with Crippen molar-refractivity contribution < 1.29 is 14.1 Å². The largest absolute Gasteiger partial charge is 0.494 e. The molecule has 0 atom stereocenters. The lowest BCUT2D eigenvalue weighted by Crippen LogP contribution is -2.41. The molecule has 0 bridgehead atoms. The average Bonchev–Trinajstić information content (AvgIpc) is 2.67. The van der Waals surface area contributed by atoms with E-state index in [0.717, 1.165) is 11.2 Å². The molecule has 1 aromatic rings. The van der Waals surface area contributed by atoms with Gasteiger partial charge in [0.1, 0.15) is 0 Å². The predicted octanol–water partition coefficient (Wildman–Crippen LogP) is 2.47. The Morgan fingerprint density at radius 1 is 1.14 bits per heavy atom. The second kappa shape index (κ2) is 5.93. The molecule has 1 aromatic carbocycles. The van der Waals surface area contributed by atoms with Crippen LogP contribution in [0.25, 0.3) is 0 Å². The summed E-state index contributed by atoms with van der Waals surface area (Å²) in [6.45, 7) is 10.7. The van der Waals surface area contributed by atoms with Crippen molar-refractivity contribution in [2.45, 2.75) is 45.8 Å². The van der Waals surface area contributed by atoms with E-state index in [-0.39, 0.29) is 24.4 Å². The Balaban J connectivity index is 2.06. The molecule has 0 aliphatic carbocycles. The lowest BCUT2D eigenvalue weighted by molar-refractivity contribution is 0.00578. The molecule has 1 heterocycles. The van der Waals surface area contributed by atoms with Crippen molar-refractivity contribution in [3.8, 4) is 0 Å². The molecule has 0 radical (unpaired) electrons. The van der Waals surface area contributed by atoms with E-state index in [1.807, 2.05) is 58.9 Å². The van der Waals surface area contributed by atoms with Gasteiger partial charge in [0, 0.05) is 19.3 Å². The maximum absolute atomic E-state index is 11.8. The fourth-order valence-corrected chi connectivity index (χ4v) is 2.07. The molecule has 1 saturated heterocycles. The molecule has 2 rings (SSSR count). The Morgan fingerprint density at radius 2 is 1.64 bits per heavy atom. The molecule has 120 valence electrons. The molecule has 0 saturated carbocycles. The highest BCUT2D eigenvalue weighted by molar-refractivity contribution is 6.62. The SMILES string of the molecule is CCN(C)C(=O)Nc1ccc(B2OC(C)(C)C(C)(C)O2)cc1. The lowest BCUT2D eigenvalue weighted by Gasteiger charge is -2.32. The molecule has 1 N–H and O–H groups in total. The quantitative estimate of drug-likeness (QED) is 0.873. The summed E-state index contributed by atoms with van der Waals surface area (Å²) in [5.41, 5.74) is 0.994. The fraction of sp³-hybridized carbons (Fsp3) is 0.562. The van der Waals surface area contributed by atoms with Crippen LogP contribution in [-0.2, 0) is 9.31 Å². The van der Waals surface area contributed by atoms with Gasteiger partial charge >= 0.3 is 13.1 Å². The van der Waals surface area contributed by atoms with Crippen LogP contribution in [0.2, 0.25) is 0 Å². The first kappa shape index (κ1) is 16.8. The number of nitrogens with one attached hydrogen (secondary N) is 1. The van der Waals surface area contributed by atoms with Crippen LogP contribution in [0.15, 0.2) is 24.3 Å². The molecule has 2 amide bonds. The van der Waals surface area contributed by atoms with Crippen molar-refractivity contribution in [1.29, 1.82) is 0 Å². The van der Waals surface area contributed by atoms with Gasteiger partial charge in [-0.3, -0.25) is 0 Å². The van der Waals surface area contributed by atoms with Crippen LogP contribution in [0.1, 0.15) is 34.6 Å². The standard InChI is InChI=1S/C16H25BN2O3/c1-7-19(6)14(20)18-13-10-8-12(9-11-13)17-21-15(2,3)16(4,5)22-17/h8-11H,7H2,1-6H3,(H,18,20). The van der Waals surface area contributed by atoms with Gasteiger partial charge in [-0.2, -0.15) is 0 Å². The molecule has 0 aromatic heterocycles. The summed E-state index contributed by atoms with van der Waals surface area (Å²) in [6, 6.07) is 7.45. The molecular weight excluding hydrogens is 279 g/mol. The summed E-state index contributed by atoms with van der Waals surface area (Å²) < 4.78 is 12.0. The zero-order valence-corrected chi connectivity index (χ0v) is 14.3. The summed E-state index contributed by atoms with van der Waals surface area (Å²) in [7, 11) is 1.38. The van der Waals surface area contributed by atoms with Crippen LogP contribution >= 0.6 is 0 Å². The first-order valence-corrected chi connectivity index (χ1v) is 7.64. The maximum atomic E-state index is 11.8. The van der Waals surface area contributed by atoms with Gasteiger partial charge in [-0.1, -0.05) is 12.1 Å². The zero-order chi connectivity index (χ0) is 16.5. The molecule has 0 spiro atoms. The number of amides is 2. The summed E-state index contributed by atoms with van der Waals surface area (Å²) in [5.74, 6) is 0. The van der Waals surface area contributed by atoms with Gasteiger partial charge in [0.15, 0.2) is 0 Å². The van der Waals surface area contributed by atoms with Gasteiger partial charge in [0.25, 0.3) is 0 Å². The van der Waals surface area contributed by atoms with E-state index in [0.29, 0.717) is 6.54 Å². The minimum absolute atomic E-state index is 0.120.